The lowest BCUT2D eigenvalue weighted by molar-refractivity contribution is 0.0698. The first-order valence-electron chi connectivity index (χ1n) is 4.13. The highest BCUT2D eigenvalue weighted by Gasteiger charge is 2.09. The van der Waals surface area contributed by atoms with Crippen LogP contribution in [0.4, 0.5) is 5.69 Å². The van der Waals surface area contributed by atoms with E-state index in [0.29, 0.717) is 5.69 Å². The average molecular weight is 193 g/mol. The summed E-state index contributed by atoms with van der Waals surface area (Å²) in [5.74, 6) is -0.976. The van der Waals surface area contributed by atoms with Crippen molar-refractivity contribution in [3.8, 4) is 0 Å². The Labute approximate surface area is 83.9 Å². The Morgan fingerprint density at radius 1 is 1.36 bits per heavy atom. The van der Waals surface area contributed by atoms with E-state index in [1.807, 2.05) is 13.8 Å². The Morgan fingerprint density at radius 3 is 2.29 bits per heavy atom. The maximum Gasteiger partial charge on any atom is 0.337 e. The van der Waals surface area contributed by atoms with Crippen LogP contribution >= 0.6 is 0 Å². The van der Waals surface area contributed by atoms with E-state index in [1.165, 1.54) is 6.07 Å². The highest BCUT2D eigenvalue weighted by molar-refractivity contribution is 5.94. The first kappa shape index (κ1) is 12.2. The zero-order valence-corrected chi connectivity index (χ0v) is 8.50. The molecule has 3 N–H and O–H groups in total. The standard InChI is InChI=1S/C9H11NO2.C2H4/c1-5-3-4-7(9(11)12)8(10)6(5)2;1-2/h3-4H,10H2,1-2H3,(H,11,12);1-2H2. The molecule has 0 fully saturated rings. The highest BCUT2D eigenvalue weighted by Crippen LogP contribution is 2.19. The van der Waals surface area contributed by atoms with Crippen LogP contribution in [0.1, 0.15) is 21.5 Å². The van der Waals surface area contributed by atoms with Crippen LogP contribution in [0.3, 0.4) is 0 Å². The van der Waals surface area contributed by atoms with Crippen LogP contribution in [0.2, 0.25) is 0 Å². The molecule has 0 unspecified atom stereocenters. The number of carboxylic acid groups (broad SMARTS) is 1. The van der Waals surface area contributed by atoms with Crippen molar-refractivity contribution in [2.24, 2.45) is 0 Å². The minimum Gasteiger partial charge on any atom is -0.478 e. The molecule has 14 heavy (non-hydrogen) atoms. The fourth-order valence-corrected chi connectivity index (χ4v) is 1.02. The van der Waals surface area contributed by atoms with Gasteiger partial charge in [-0.1, -0.05) is 6.07 Å². The smallest absolute Gasteiger partial charge is 0.337 e. The molecule has 1 rings (SSSR count). The van der Waals surface area contributed by atoms with E-state index in [9.17, 15) is 4.79 Å². The number of nitrogen functional groups attached to an aromatic ring is 1. The van der Waals surface area contributed by atoms with Crippen molar-refractivity contribution in [1.29, 1.82) is 0 Å². The van der Waals surface area contributed by atoms with Crippen LogP contribution in [0.5, 0.6) is 0 Å². The van der Waals surface area contributed by atoms with Gasteiger partial charge in [-0.3, -0.25) is 0 Å². The number of carbonyl (C=O) groups is 1. The molecule has 1 aromatic rings. The number of hydrogen-bond acceptors (Lipinski definition) is 2. The minimum atomic E-state index is -0.976. The summed E-state index contributed by atoms with van der Waals surface area (Å²) in [6, 6.07) is 3.29. The lowest BCUT2D eigenvalue weighted by atomic mass is 10.0. The van der Waals surface area contributed by atoms with E-state index >= 15 is 0 Å². The zero-order chi connectivity index (χ0) is 11.3. The second kappa shape index (κ2) is 5.07. The Bertz CT molecular complexity index is 345. The second-order valence-electron chi connectivity index (χ2n) is 2.77. The number of rotatable bonds is 1. The largest absolute Gasteiger partial charge is 0.478 e. The third-order valence-electron chi connectivity index (χ3n) is 2.02. The Morgan fingerprint density at radius 2 is 1.86 bits per heavy atom. The zero-order valence-electron chi connectivity index (χ0n) is 8.50. The van der Waals surface area contributed by atoms with Gasteiger partial charge in [-0.05, 0) is 31.0 Å². The number of nitrogens with two attached hydrogens (primary N) is 1. The molecule has 1 aromatic carbocycles. The van der Waals surface area contributed by atoms with Crippen LogP contribution in [0, 0.1) is 13.8 Å². The fourth-order valence-electron chi connectivity index (χ4n) is 1.02. The van der Waals surface area contributed by atoms with Crippen molar-refractivity contribution in [2.45, 2.75) is 13.8 Å². The topological polar surface area (TPSA) is 63.3 Å². The summed E-state index contributed by atoms with van der Waals surface area (Å²) < 4.78 is 0. The van der Waals surface area contributed by atoms with Gasteiger partial charge in [0, 0.05) is 5.69 Å². The first-order chi connectivity index (χ1) is 6.54. The van der Waals surface area contributed by atoms with Crippen molar-refractivity contribution in [2.75, 3.05) is 5.73 Å². The van der Waals surface area contributed by atoms with E-state index in [0.717, 1.165) is 11.1 Å². The molecule has 3 heteroatoms. The fraction of sp³-hybridized carbons (Fsp3) is 0.182. The van der Waals surface area contributed by atoms with E-state index in [-0.39, 0.29) is 5.56 Å². The number of carboxylic acids is 1. The minimum absolute atomic E-state index is 0.179. The molecular weight excluding hydrogens is 178 g/mol. The summed E-state index contributed by atoms with van der Waals surface area (Å²) in [7, 11) is 0. The summed E-state index contributed by atoms with van der Waals surface area (Å²) in [5, 5.41) is 8.70. The van der Waals surface area contributed by atoms with E-state index < -0.39 is 5.97 Å². The van der Waals surface area contributed by atoms with Crippen LogP contribution in [-0.4, -0.2) is 11.1 Å². The van der Waals surface area contributed by atoms with Crippen LogP contribution in [0.15, 0.2) is 25.3 Å². The normalized spacial score (nSPS) is 8.71. The maximum atomic E-state index is 10.6. The van der Waals surface area contributed by atoms with Gasteiger partial charge in [0.25, 0.3) is 0 Å². The predicted molar refractivity (Wildman–Crippen MR) is 58.5 cm³/mol. The maximum absolute atomic E-state index is 10.6. The molecule has 0 radical (unpaired) electrons. The lowest BCUT2D eigenvalue weighted by Gasteiger charge is -2.06. The van der Waals surface area contributed by atoms with Gasteiger partial charge in [-0.25, -0.2) is 4.79 Å². The molecule has 0 aliphatic carbocycles. The molecule has 0 spiro atoms. The molecule has 0 aromatic heterocycles. The van der Waals surface area contributed by atoms with Crippen molar-refractivity contribution in [3.05, 3.63) is 42.0 Å². The summed E-state index contributed by atoms with van der Waals surface area (Å²) in [6.07, 6.45) is 0. The van der Waals surface area contributed by atoms with Crippen LogP contribution < -0.4 is 5.73 Å². The molecule has 0 saturated carbocycles. The average Bonchev–Trinajstić information content (AvgIpc) is 2.17. The molecule has 0 bridgehead atoms. The number of aromatic carboxylic acids is 1. The molecule has 0 heterocycles. The number of anilines is 1. The first-order valence-corrected chi connectivity index (χ1v) is 4.13. The van der Waals surface area contributed by atoms with Gasteiger partial charge < -0.3 is 10.8 Å². The number of hydrogen-bond donors (Lipinski definition) is 2. The van der Waals surface area contributed by atoms with Gasteiger partial charge in [0.05, 0.1) is 5.56 Å². The van der Waals surface area contributed by atoms with Gasteiger partial charge in [0.2, 0.25) is 0 Å². The van der Waals surface area contributed by atoms with Gasteiger partial charge in [0.15, 0.2) is 0 Å². The van der Waals surface area contributed by atoms with Crippen molar-refractivity contribution in [1.82, 2.24) is 0 Å². The molecular formula is C11H15NO2. The van der Waals surface area contributed by atoms with E-state index in [4.69, 9.17) is 10.8 Å². The summed E-state index contributed by atoms with van der Waals surface area (Å²) in [5.41, 5.74) is 8.00. The van der Waals surface area contributed by atoms with Gasteiger partial charge in [-0.2, -0.15) is 0 Å². The van der Waals surface area contributed by atoms with Crippen LogP contribution in [0.25, 0.3) is 0 Å². The van der Waals surface area contributed by atoms with Gasteiger partial charge in [-0.15, -0.1) is 13.2 Å². The summed E-state index contributed by atoms with van der Waals surface area (Å²) >= 11 is 0. The third kappa shape index (κ3) is 2.36. The Hall–Kier alpha value is -1.77. The van der Waals surface area contributed by atoms with Gasteiger partial charge in [0.1, 0.15) is 0 Å². The Kier molecular flexibility index (Phi) is 4.43. The molecule has 0 aliphatic heterocycles. The monoisotopic (exact) mass is 193 g/mol. The van der Waals surface area contributed by atoms with Crippen molar-refractivity contribution < 1.29 is 9.90 Å². The number of aryl methyl sites for hydroxylation is 1. The second-order valence-corrected chi connectivity index (χ2v) is 2.77. The van der Waals surface area contributed by atoms with Crippen molar-refractivity contribution >= 4 is 11.7 Å². The molecule has 0 aliphatic rings. The molecule has 0 amide bonds. The molecule has 76 valence electrons. The predicted octanol–water partition coefficient (Wildman–Crippen LogP) is 2.39. The van der Waals surface area contributed by atoms with Gasteiger partial charge >= 0.3 is 5.97 Å². The SMILES string of the molecule is C=C.Cc1ccc(C(=O)O)c(N)c1C. The molecule has 0 saturated heterocycles. The van der Waals surface area contributed by atoms with Crippen molar-refractivity contribution in [3.63, 3.8) is 0 Å². The van der Waals surface area contributed by atoms with Crippen LogP contribution in [-0.2, 0) is 0 Å². The van der Waals surface area contributed by atoms with E-state index in [1.54, 1.807) is 6.07 Å². The Balaban J connectivity index is 0.000000791. The summed E-state index contributed by atoms with van der Waals surface area (Å²) in [6.45, 7) is 9.72. The molecule has 0 atom stereocenters. The quantitative estimate of drug-likeness (QED) is 0.531. The highest BCUT2D eigenvalue weighted by atomic mass is 16.4. The lowest BCUT2D eigenvalue weighted by Crippen LogP contribution is -2.04. The molecule has 3 nitrogen and oxygen atoms in total. The third-order valence-corrected chi connectivity index (χ3v) is 2.02. The van der Waals surface area contributed by atoms with E-state index in [2.05, 4.69) is 13.2 Å². The number of benzene rings is 1. The summed E-state index contributed by atoms with van der Waals surface area (Å²) in [4.78, 5) is 10.6.